The van der Waals surface area contributed by atoms with E-state index in [1.165, 1.54) is 12.8 Å². The number of hydrogen-bond donors (Lipinski definition) is 1. The first-order valence-electron chi connectivity index (χ1n) is 6.17. The topological polar surface area (TPSA) is 58.4 Å². The zero-order chi connectivity index (χ0) is 13.8. The van der Waals surface area contributed by atoms with Gasteiger partial charge in [0, 0.05) is 25.2 Å². The van der Waals surface area contributed by atoms with Crippen LogP contribution in [-0.2, 0) is 0 Å². The van der Waals surface area contributed by atoms with Crippen molar-refractivity contribution in [3.63, 3.8) is 0 Å². The van der Waals surface area contributed by atoms with Crippen molar-refractivity contribution >= 4 is 23.0 Å². The van der Waals surface area contributed by atoms with Gasteiger partial charge < -0.3 is 10.2 Å². The summed E-state index contributed by atoms with van der Waals surface area (Å²) in [5.74, 6) is -0.657. The monoisotopic (exact) mass is 287 g/mol. The van der Waals surface area contributed by atoms with Crippen molar-refractivity contribution in [3.05, 3.63) is 33.1 Å². The number of hydrogen-bond acceptors (Lipinski definition) is 4. The summed E-state index contributed by atoms with van der Waals surface area (Å²) in [5, 5.41) is 13.5. The van der Waals surface area contributed by atoms with Gasteiger partial charge in [0.2, 0.25) is 0 Å². The van der Waals surface area contributed by atoms with E-state index in [1.54, 1.807) is 0 Å². The number of anilines is 1. The molecule has 1 aliphatic heterocycles. The number of nitro benzene ring substituents is 1. The maximum absolute atomic E-state index is 13.3. The van der Waals surface area contributed by atoms with Crippen LogP contribution in [0.15, 0.2) is 12.1 Å². The molecular formula is C12H15ClFN3O2. The Hall–Kier alpha value is -1.40. The van der Waals surface area contributed by atoms with Crippen molar-refractivity contribution in [1.82, 2.24) is 4.90 Å². The molecule has 0 bridgehead atoms. The van der Waals surface area contributed by atoms with Crippen LogP contribution in [0.3, 0.4) is 0 Å². The Balaban J connectivity index is 2.01. The number of benzene rings is 1. The minimum atomic E-state index is -0.657. The van der Waals surface area contributed by atoms with Crippen molar-refractivity contribution in [3.8, 4) is 0 Å². The molecule has 0 unspecified atom stereocenters. The van der Waals surface area contributed by atoms with Crippen LogP contribution in [0.25, 0.3) is 0 Å². The number of likely N-dealkylation sites (tertiary alicyclic amines) is 1. The lowest BCUT2D eigenvalue weighted by Crippen LogP contribution is -2.26. The summed E-state index contributed by atoms with van der Waals surface area (Å²) in [6.45, 7) is 3.45. The van der Waals surface area contributed by atoms with Crippen LogP contribution in [0.4, 0.5) is 15.8 Å². The molecule has 1 fully saturated rings. The van der Waals surface area contributed by atoms with Gasteiger partial charge in [-0.2, -0.15) is 0 Å². The molecule has 0 aliphatic carbocycles. The quantitative estimate of drug-likeness (QED) is 0.668. The van der Waals surface area contributed by atoms with Gasteiger partial charge >= 0.3 is 0 Å². The van der Waals surface area contributed by atoms with Crippen LogP contribution in [-0.4, -0.2) is 36.0 Å². The van der Waals surface area contributed by atoms with Gasteiger partial charge in [-0.1, -0.05) is 11.6 Å². The molecule has 0 saturated carbocycles. The van der Waals surface area contributed by atoms with Crippen molar-refractivity contribution in [2.45, 2.75) is 12.8 Å². The summed E-state index contributed by atoms with van der Waals surface area (Å²) in [5.41, 5.74) is -0.0288. The third-order valence-electron chi connectivity index (χ3n) is 3.18. The second kappa shape index (κ2) is 6.16. The van der Waals surface area contributed by atoms with E-state index in [0.717, 1.165) is 31.8 Å². The fourth-order valence-electron chi connectivity index (χ4n) is 2.18. The molecule has 5 nitrogen and oxygen atoms in total. The normalized spacial score (nSPS) is 15.7. The lowest BCUT2D eigenvalue weighted by Gasteiger charge is -2.15. The van der Waals surface area contributed by atoms with Crippen molar-refractivity contribution in [2.75, 3.05) is 31.5 Å². The Labute approximate surface area is 115 Å². The highest BCUT2D eigenvalue weighted by Crippen LogP contribution is 2.30. The number of nitrogens with zero attached hydrogens (tertiary/aromatic N) is 2. The molecule has 7 heteroatoms. The van der Waals surface area contributed by atoms with E-state index in [4.69, 9.17) is 11.6 Å². The molecule has 2 rings (SSSR count). The SMILES string of the molecule is O=[N+]([O-])c1cc(Cl)c(F)cc1NCCN1CCCC1. The summed E-state index contributed by atoms with van der Waals surface area (Å²) in [6.07, 6.45) is 2.38. The smallest absolute Gasteiger partial charge is 0.294 e. The molecule has 0 atom stereocenters. The Bertz CT molecular complexity index is 478. The molecule has 1 aliphatic rings. The van der Waals surface area contributed by atoms with Crippen LogP contribution >= 0.6 is 11.6 Å². The molecule has 1 heterocycles. The molecule has 0 amide bonds. The Morgan fingerprint density at radius 2 is 2.11 bits per heavy atom. The first-order chi connectivity index (χ1) is 9.08. The predicted molar refractivity (Wildman–Crippen MR) is 72.2 cm³/mol. The van der Waals surface area contributed by atoms with Gasteiger partial charge in [-0.05, 0) is 25.9 Å². The first kappa shape index (κ1) is 14.0. The van der Waals surface area contributed by atoms with Gasteiger partial charge in [-0.25, -0.2) is 4.39 Å². The Morgan fingerprint density at radius 3 is 2.74 bits per heavy atom. The lowest BCUT2D eigenvalue weighted by molar-refractivity contribution is -0.384. The fraction of sp³-hybridized carbons (Fsp3) is 0.500. The van der Waals surface area contributed by atoms with Gasteiger partial charge in [-0.3, -0.25) is 10.1 Å². The number of nitro groups is 1. The summed E-state index contributed by atoms with van der Waals surface area (Å²) < 4.78 is 13.3. The van der Waals surface area contributed by atoms with E-state index in [2.05, 4.69) is 10.2 Å². The summed E-state index contributed by atoms with van der Waals surface area (Å²) in [7, 11) is 0. The number of nitrogens with one attached hydrogen (secondary N) is 1. The summed E-state index contributed by atoms with van der Waals surface area (Å²) in [6, 6.07) is 2.11. The third kappa shape index (κ3) is 3.54. The zero-order valence-electron chi connectivity index (χ0n) is 10.4. The minimum absolute atomic E-state index is 0.172. The molecule has 104 valence electrons. The van der Waals surface area contributed by atoms with E-state index in [1.807, 2.05) is 0 Å². The molecule has 1 aromatic rings. The van der Waals surface area contributed by atoms with Gasteiger partial charge in [0.25, 0.3) is 5.69 Å². The maximum Gasteiger partial charge on any atom is 0.294 e. The zero-order valence-corrected chi connectivity index (χ0v) is 11.1. The first-order valence-corrected chi connectivity index (χ1v) is 6.55. The van der Waals surface area contributed by atoms with Crippen LogP contribution in [0.1, 0.15) is 12.8 Å². The fourth-order valence-corrected chi connectivity index (χ4v) is 2.34. The van der Waals surface area contributed by atoms with E-state index >= 15 is 0 Å². The summed E-state index contributed by atoms with van der Waals surface area (Å²) >= 11 is 5.55. The largest absolute Gasteiger partial charge is 0.378 e. The number of halogens is 2. The van der Waals surface area contributed by atoms with Crippen LogP contribution < -0.4 is 5.32 Å². The highest BCUT2D eigenvalue weighted by molar-refractivity contribution is 6.31. The van der Waals surface area contributed by atoms with Crippen molar-refractivity contribution in [1.29, 1.82) is 0 Å². The van der Waals surface area contributed by atoms with Gasteiger partial charge in [-0.15, -0.1) is 0 Å². The molecule has 0 aromatic heterocycles. The van der Waals surface area contributed by atoms with Gasteiger partial charge in [0.1, 0.15) is 11.5 Å². The second-order valence-electron chi connectivity index (χ2n) is 4.52. The standard InChI is InChI=1S/C12H15ClFN3O2/c13-9-7-12(17(18)19)11(8-10(9)14)15-3-6-16-4-1-2-5-16/h7-8,15H,1-6H2. The Kier molecular flexibility index (Phi) is 4.55. The van der Waals surface area contributed by atoms with E-state index < -0.39 is 10.7 Å². The predicted octanol–water partition coefficient (Wildman–Crippen LogP) is 2.90. The lowest BCUT2D eigenvalue weighted by atomic mass is 10.2. The van der Waals surface area contributed by atoms with Gasteiger partial charge in [0.15, 0.2) is 0 Å². The molecular weight excluding hydrogens is 273 g/mol. The van der Waals surface area contributed by atoms with E-state index in [-0.39, 0.29) is 16.4 Å². The van der Waals surface area contributed by atoms with Gasteiger partial charge in [0.05, 0.1) is 9.95 Å². The van der Waals surface area contributed by atoms with E-state index in [0.29, 0.717) is 6.54 Å². The minimum Gasteiger partial charge on any atom is -0.378 e. The molecule has 1 aromatic carbocycles. The average Bonchev–Trinajstić information content (AvgIpc) is 2.86. The Morgan fingerprint density at radius 1 is 1.42 bits per heavy atom. The molecule has 0 radical (unpaired) electrons. The molecule has 1 saturated heterocycles. The summed E-state index contributed by atoms with van der Waals surface area (Å²) in [4.78, 5) is 12.6. The van der Waals surface area contributed by atoms with Crippen LogP contribution in [0.2, 0.25) is 5.02 Å². The molecule has 19 heavy (non-hydrogen) atoms. The maximum atomic E-state index is 13.3. The van der Waals surface area contributed by atoms with E-state index in [9.17, 15) is 14.5 Å². The molecule has 0 spiro atoms. The number of rotatable bonds is 5. The van der Waals surface area contributed by atoms with Crippen molar-refractivity contribution in [2.24, 2.45) is 0 Å². The third-order valence-corrected chi connectivity index (χ3v) is 3.47. The molecule has 1 N–H and O–H groups in total. The highest BCUT2D eigenvalue weighted by atomic mass is 35.5. The second-order valence-corrected chi connectivity index (χ2v) is 4.92. The highest BCUT2D eigenvalue weighted by Gasteiger charge is 2.18. The average molecular weight is 288 g/mol. The van der Waals surface area contributed by atoms with Crippen molar-refractivity contribution < 1.29 is 9.31 Å². The van der Waals surface area contributed by atoms with Crippen LogP contribution in [0, 0.1) is 15.9 Å². The van der Waals surface area contributed by atoms with Crippen LogP contribution in [0.5, 0.6) is 0 Å².